The van der Waals surface area contributed by atoms with E-state index in [1.165, 1.54) is 12.8 Å². The van der Waals surface area contributed by atoms with Crippen molar-refractivity contribution in [2.75, 3.05) is 33.7 Å². The molecule has 126 valence electrons. The minimum Gasteiger partial charge on any atom is -0.354 e. The molecule has 2 rings (SSSR count). The Morgan fingerprint density at radius 2 is 1.68 bits per heavy atom. The van der Waals surface area contributed by atoms with Crippen LogP contribution in [0.3, 0.4) is 0 Å². The first-order valence-electron chi connectivity index (χ1n) is 8.47. The summed E-state index contributed by atoms with van der Waals surface area (Å²) < 4.78 is 0. The van der Waals surface area contributed by atoms with Gasteiger partial charge in [-0.15, -0.1) is 0 Å². The number of rotatable bonds is 5. The third-order valence-corrected chi connectivity index (χ3v) is 4.39. The molecule has 1 saturated carbocycles. The van der Waals surface area contributed by atoms with E-state index in [1.54, 1.807) is 19.0 Å². The Balaban J connectivity index is 1.84. The molecular formula is C16H31N5O. The summed E-state index contributed by atoms with van der Waals surface area (Å²) in [5.41, 5.74) is 0. The van der Waals surface area contributed by atoms with E-state index in [4.69, 9.17) is 0 Å². The predicted molar refractivity (Wildman–Crippen MR) is 90.0 cm³/mol. The molecule has 0 bridgehead atoms. The van der Waals surface area contributed by atoms with Gasteiger partial charge in [0.05, 0.1) is 0 Å². The molecule has 1 aliphatic heterocycles. The molecule has 0 atom stereocenters. The SMILES string of the molecule is CC(C)N1CCC(NC(=NCC(=O)N(C)C)NC2CC2)CC1. The number of likely N-dealkylation sites (N-methyl/N-ethyl adjacent to an activating group) is 1. The molecule has 22 heavy (non-hydrogen) atoms. The van der Waals surface area contributed by atoms with Crippen LogP contribution in [0.25, 0.3) is 0 Å². The van der Waals surface area contributed by atoms with Crippen molar-refractivity contribution < 1.29 is 4.79 Å². The average Bonchev–Trinajstić information content (AvgIpc) is 3.28. The van der Waals surface area contributed by atoms with Crippen LogP contribution in [-0.2, 0) is 4.79 Å². The smallest absolute Gasteiger partial charge is 0.243 e. The summed E-state index contributed by atoms with van der Waals surface area (Å²) in [5, 5.41) is 6.94. The van der Waals surface area contributed by atoms with E-state index in [1.807, 2.05) is 0 Å². The Morgan fingerprint density at radius 3 is 2.14 bits per heavy atom. The lowest BCUT2D eigenvalue weighted by Crippen LogP contribution is -2.50. The highest BCUT2D eigenvalue weighted by atomic mass is 16.2. The van der Waals surface area contributed by atoms with Gasteiger partial charge in [-0.3, -0.25) is 4.79 Å². The first-order valence-corrected chi connectivity index (χ1v) is 8.47. The second-order valence-corrected chi connectivity index (χ2v) is 6.92. The molecular weight excluding hydrogens is 278 g/mol. The zero-order valence-corrected chi connectivity index (χ0v) is 14.4. The number of carbonyl (C=O) groups is 1. The Kier molecular flexibility index (Phi) is 6.06. The molecule has 1 heterocycles. The van der Waals surface area contributed by atoms with Crippen molar-refractivity contribution in [1.82, 2.24) is 20.4 Å². The fourth-order valence-electron chi connectivity index (χ4n) is 2.60. The van der Waals surface area contributed by atoms with Crippen molar-refractivity contribution in [1.29, 1.82) is 0 Å². The molecule has 1 aliphatic carbocycles. The van der Waals surface area contributed by atoms with Crippen molar-refractivity contribution in [3.05, 3.63) is 0 Å². The number of piperidine rings is 1. The number of nitrogens with zero attached hydrogens (tertiary/aromatic N) is 3. The van der Waals surface area contributed by atoms with Crippen LogP contribution in [0, 0.1) is 0 Å². The van der Waals surface area contributed by atoms with Crippen molar-refractivity contribution in [2.24, 2.45) is 4.99 Å². The van der Waals surface area contributed by atoms with E-state index in [2.05, 4.69) is 34.4 Å². The first kappa shape index (κ1) is 17.1. The summed E-state index contributed by atoms with van der Waals surface area (Å²) in [6.45, 7) is 6.97. The number of guanidine groups is 1. The summed E-state index contributed by atoms with van der Waals surface area (Å²) in [7, 11) is 3.53. The average molecular weight is 309 g/mol. The van der Waals surface area contributed by atoms with Gasteiger partial charge in [0.25, 0.3) is 0 Å². The Morgan fingerprint density at radius 1 is 1.14 bits per heavy atom. The van der Waals surface area contributed by atoms with Gasteiger partial charge < -0.3 is 20.4 Å². The summed E-state index contributed by atoms with van der Waals surface area (Å²) >= 11 is 0. The second-order valence-electron chi connectivity index (χ2n) is 6.92. The van der Waals surface area contributed by atoms with Gasteiger partial charge in [-0.05, 0) is 39.5 Å². The molecule has 0 aromatic heterocycles. The Hall–Kier alpha value is -1.30. The van der Waals surface area contributed by atoms with Crippen LogP contribution in [-0.4, -0.2) is 73.5 Å². The summed E-state index contributed by atoms with van der Waals surface area (Å²) in [6.07, 6.45) is 4.67. The molecule has 1 saturated heterocycles. The summed E-state index contributed by atoms with van der Waals surface area (Å²) in [4.78, 5) is 20.3. The molecule has 1 amide bonds. The summed E-state index contributed by atoms with van der Waals surface area (Å²) in [5.74, 6) is 0.840. The Bertz CT molecular complexity index is 395. The fourth-order valence-corrected chi connectivity index (χ4v) is 2.60. The van der Waals surface area contributed by atoms with Crippen molar-refractivity contribution in [3.8, 4) is 0 Å². The molecule has 2 fully saturated rings. The van der Waals surface area contributed by atoms with Gasteiger partial charge in [0.2, 0.25) is 5.91 Å². The van der Waals surface area contributed by atoms with Crippen LogP contribution in [0.5, 0.6) is 0 Å². The van der Waals surface area contributed by atoms with Gasteiger partial charge in [0, 0.05) is 45.3 Å². The number of likely N-dealkylation sites (tertiary alicyclic amines) is 1. The van der Waals surface area contributed by atoms with Crippen LogP contribution in [0.1, 0.15) is 39.5 Å². The van der Waals surface area contributed by atoms with Gasteiger partial charge in [-0.1, -0.05) is 0 Å². The largest absolute Gasteiger partial charge is 0.354 e. The van der Waals surface area contributed by atoms with Crippen molar-refractivity contribution >= 4 is 11.9 Å². The quantitative estimate of drug-likeness (QED) is 0.578. The van der Waals surface area contributed by atoms with Crippen LogP contribution in [0.2, 0.25) is 0 Å². The molecule has 2 aliphatic rings. The minimum atomic E-state index is 0.0338. The molecule has 0 spiro atoms. The highest BCUT2D eigenvalue weighted by Crippen LogP contribution is 2.19. The molecule has 0 radical (unpaired) electrons. The normalized spacial score (nSPS) is 21.0. The number of nitrogens with one attached hydrogen (secondary N) is 2. The molecule has 6 nitrogen and oxygen atoms in total. The molecule has 6 heteroatoms. The maximum atomic E-state index is 11.7. The van der Waals surface area contributed by atoms with E-state index < -0.39 is 0 Å². The zero-order chi connectivity index (χ0) is 16.1. The van der Waals surface area contributed by atoms with E-state index in [0.29, 0.717) is 18.1 Å². The fraction of sp³-hybridized carbons (Fsp3) is 0.875. The lowest BCUT2D eigenvalue weighted by atomic mass is 10.0. The highest BCUT2D eigenvalue weighted by molar-refractivity contribution is 5.85. The van der Waals surface area contributed by atoms with Gasteiger partial charge in [-0.2, -0.15) is 0 Å². The molecule has 0 aromatic rings. The van der Waals surface area contributed by atoms with Gasteiger partial charge in [-0.25, -0.2) is 4.99 Å². The van der Waals surface area contributed by atoms with Crippen LogP contribution in [0.4, 0.5) is 0 Å². The van der Waals surface area contributed by atoms with E-state index in [0.717, 1.165) is 31.9 Å². The molecule has 2 N–H and O–H groups in total. The number of amides is 1. The standard InChI is InChI=1S/C16H31N5O/c1-12(2)21-9-7-14(8-10-21)19-16(18-13-5-6-13)17-11-15(22)20(3)4/h12-14H,5-11H2,1-4H3,(H2,17,18,19). The number of hydrogen-bond acceptors (Lipinski definition) is 3. The predicted octanol–water partition coefficient (Wildman–Crippen LogP) is 0.645. The number of hydrogen-bond donors (Lipinski definition) is 2. The molecule has 0 aromatic carbocycles. The Labute approximate surface area is 134 Å². The van der Waals surface area contributed by atoms with Crippen LogP contribution >= 0.6 is 0 Å². The second kappa shape index (κ2) is 7.81. The van der Waals surface area contributed by atoms with Crippen molar-refractivity contribution in [2.45, 2.75) is 57.7 Å². The maximum absolute atomic E-state index is 11.7. The number of carbonyl (C=O) groups excluding carboxylic acids is 1. The third kappa shape index (κ3) is 5.48. The lowest BCUT2D eigenvalue weighted by Gasteiger charge is -2.35. The van der Waals surface area contributed by atoms with Crippen LogP contribution in [0.15, 0.2) is 4.99 Å². The lowest BCUT2D eigenvalue weighted by molar-refractivity contribution is -0.127. The third-order valence-electron chi connectivity index (χ3n) is 4.39. The molecule has 0 unspecified atom stereocenters. The van der Waals surface area contributed by atoms with E-state index in [-0.39, 0.29) is 12.5 Å². The number of aliphatic imine (C=N–C) groups is 1. The monoisotopic (exact) mass is 309 g/mol. The zero-order valence-electron chi connectivity index (χ0n) is 14.4. The highest BCUT2D eigenvalue weighted by Gasteiger charge is 2.25. The van der Waals surface area contributed by atoms with Crippen molar-refractivity contribution in [3.63, 3.8) is 0 Å². The van der Waals surface area contributed by atoms with Crippen LogP contribution < -0.4 is 10.6 Å². The maximum Gasteiger partial charge on any atom is 0.243 e. The van der Waals surface area contributed by atoms with Gasteiger partial charge >= 0.3 is 0 Å². The van der Waals surface area contributed by atoms with E-state index >= 15 is 0 Å². The van der Waals surface area contributed by atoms with Gasteiger partial charge in [0.1, 0.15) is 6.54 Å². The summed E-state index contributed by atoms with van der Waals surface area (Å²) in [6, 6.07) is 1.61. The minimum absolute atomic E-state index is 0.0338. The first-order chi connectivity index (χ1) is 10.5. The van der Waals surface area contributed by atoms with E-state index in [9.17, 15) is 4.79 Å². The van der Waals surface area contributed by atoms with Gasteiger partial charge in [0.15, 0.2) is 5.96 Å². The topological polar surface area (TPSA) is 60.0 Å².